The fourth-order valence-corrected chi connectivity index (χ4v) is 5.71. The number of anilines is 1. The van der Waals surface area contributed by atoms with Crippen LogP contribution in [0.5, 0.6) is 5.75 Å². The molecule has 2 aliphatic heterocycles. The van der Waals surface area contributed by atoms with Crippen LogP contribution in [0.1, 0.15) is 75.9 Å². The van der Waals surface area contributed by atoms with Gasteiger partial charge in [0.2, 0.25) is 5.69 Å². The number of aldehydes is 1. The summed E-state index contributed by atoms with van der Waals surface area (Å²) in [5.74, 6) is 0.899. The van der Waals surface area contributed by atoms with Crippen LogP contribution in [0.2, 0.25) is 0 Å². The van der Waals surface area contributed by atoms with E-state index in [9.17, 15) is 4.79 Å². The van der Waals surface area contributed by atoms with E-state index in [2.05, 4.69) is 99.6 Å². The SMILES string of the molecule is CCCN1C(=CC=CC2=[N+](CCC)c3ccc(OC)cc3C2(C)C)C(C)(C)c2cc(C=O)ccc21.[O-][Cl+3]([O-])([O-])[O-]. The number of allylic oxidation sites excluding steroid dienone is 4. The van der Waals surface area contributed by atoms with E-state index in [1.165, 1.54) is 33.9 Å². The highest BCUT2D eigenvalue weighted by molar-refractivity contribution is 6.03. The Morgan fingerprint density at radius 1 is 0.950 bits per heavy atom. The Bertz CT molecular complexity index is 1330. The molecule has 2 aromatic rings. The number of rotatable bonds is 8. The van der Waals surface area contributed by atoms with Crippen LogP contribution in [-0.2, 0) is 10.8 Å². The molecule has 2 heterocycles. The highest BCUT2D eigenvalue weighted by Crippen LogP contribution is 2.48. The van der Waals surface area contributed by atoms with E-state index in [1.807, 2.05) is 6.07 Å². The van der Waals surface area contributed by atoms with Crippen molar-refractivity contribution in [1.29, 1.82) is 0 Å². The molecule has 0 saturated carbocycles. The monoisotopic (exact) mass is 570 g/mol. The molecule has 0 aromatic heterocycles. The van der Waals surface area contributed by atoms with Crippen LogP contribution >= 0.6 is 0 Å². The molecule has 0 bridgehead atoms. The van der Waals surface area contributed by atoms with Crippen molar-refractivity contribution >= 4 is 23.4 Å². The molecule has 0 spiro atoms. The van der Waals surface area contributed by atoms with Crippen molar-refractivity contribution in [3.8, 4) is 5.75 Å². The highest BCUT2D eigenvalue weighted by Gasteiger charge is 2.44. The van der Waals surface area contributed by atoms with Gasteiger partial charge < -0.3 is 9.64 Å². The minimum absolute atomic E-state index is 0.121. The molecule has 2 aromatic carbocycles. The van der Waals surface area contributed by atoms with Crippen LogP contribution in [0.3, 0.4) is 0 Å². The van der Waals surface area contributed by atoms with E-state index in [0.29, 0.717) is 0 Å². The van der Waals surface area contributed by atoms with Crippen molar-refractivity contribution in [3.05, 3.63) is 77.0 Å². The summed E-state index contributed by atoms with van der Waals surface area (Å²) >= 11 is 0. The molecule has 9 heteroatoms. The summed E-state index contributed by atoms with van der Waals surface area (Å²) in [4.78, 5) is 13.9. The Balaban J connectivity index is 0.000000810. The summed E-state index contributed by atoms with van der Waals surface area (Å²) in [5.41, 5.74) is 8.01. The first-order chi connectivity index (χ1) is 18.7. The summed E-state index contributed by atoms with van der Waals surface area (Å²) in [5, 5.41) is 0. The van der Waals surface area contributed by atoms with Crippen molar-refractivity contribution in [3.63, 3.8) is 0 Å². The second-order valence-electron chi connectivity index (χ2n) is 11.0. The first kappa shape index (κ1) is 31.5. The van der Waals surface area contributed by atoms with E-state index in [0.717, 1.165) is 43.5 Å². The van der Waals surface area contributed by atoms with E-state index >= 15 is 0 Å². The zero-order valence-corrected chi connectivity index (χ0v) is 25.1. The third kappa shape index (κ3) is 6.48. The molecule has 40 heavy (non-hydrogen) atoms. The summed E-state index contributed by atoms with van der Waals surface area (Å²) < 4.78 is 42.0. The zero-order chi connectivity index (χ0) is 29.9. The molecule has 0 fully saturated rings. The third-order valence-electron chi connectivity index (χ3n) is 7.55. The molecule has 0 unspecified atom stereocenters. The number of halogens is 1. The topological polar surface area (TPSA) is 125 Å². The molecule has 0 aliphatic carbocycles. The third-order valence-corrected chi connectivity index (χ3v) is 7.55. The molecule has 0 saturated heterocycles. The number of fused-ring (bicyclic) bond motifs is 2. The molecule has 4 rings (SSSR count). The van der Waals surface area contributed by atoms with Gasteiger partial charge in [0.25, 0.3) is 0 Å². The largest absolute Gasteiger partial charge is 0.497 e. The summed E-state index contributed by atoms with van der Waals surface area (Å²) in [6, 6.07) is 12.5. The number of ether oxygens (including phenoxy) is 1. The van der Waals surface area contributed by atoms with Gasteiger partial charge in [0.1, 0.15) is 18.6 Å². The maximum atomic E-state index is 11.4. The summed E-state index contributed by atoms with van der Waals surface area (Å²) in [6.07, 6.45) is 9.84. The maximum Gasteiger partial charge on any atom is 0.210 e. The molecule has 0 radical (unpaired) electrons. The van der Waals surface area contributed by atoms with Crippen LogP contribution in [0.25, 0.3) is 0 Å². The maximum absolute atomic E-state index is 11.4. The lowest BCUT2D eigenvalue weighted by atomic mass is 9.81. The van der Waals surface area contributed by atoms with E-state index in [1.54, 1.807) is 7.11 Å². The molecule has 0 amide bonds. The Morgan fingerprint density at radius 2 is 1.62 bits per heavy atom. The number of hydrogen-bond acceptors (Lipinski definition) is 7. The predicted molar refractivity (Wildman–Crippen MR) is 146 cm³/mol. The molecular weight excluding hydrogens is 532 g/mol. The van der Waals surface area contributed by atoms with Crippen molar-refractivity contribution in [1.82, 2.24) is 0 Å². The van der Waals surface area contributed by atoms with Crippen LogP contribution in [0.4, 0.5) is 11.4 Å². The van der Waals surface area contributed by atoms with Crippen LogP contribution in [-0.4, -0.2) is 36.8 Å². The number of hydrogen-bond donors (Lipinski definition) is 0. The normalized spacial score (nSPS) is 18.1. The highest BCUT2D eigenvalue weighted by atomic mass is 35.7. The number of carbonyl (C=O) groups excluding carboxylic acids is 1. The minimum Gasteiger partial charge on any atom is -0.497 e. The van der Waals surface area contributed by atoms with Gasteiger partial charge in [0.15, 0.2) is 5.71 Å². The number of carbonyl (C=O) groups is 1. The van der Waals surface area contributed by atoms with Gasteiger partial charge in [-0.3, -0.25) is 4.79 Å². The molecule has 0 atom stereocenters. The first-order valence-electron chi connectivity index (χ1n) is 13.4. The lowest BCUT2D eigenvalue weighted by Crippen LogP contribution is -2.68. The van der Waals surface area contributed by atoms with Gasteiger partial charge in [-0.05, 0) is 62.2 Å². The summed E-state index contributed by atoms with van der Waals surface area (Å²) in [7, 11) is -3.22. The second-order valence-corrected chi connectivity index (χ2v) is 11.8. The van der Waals surface area contributed by atoms with E-state index in [-0.39, 0.29) is 10.8 Å². The van der Waals surface area contributed by atoms with Crippen LogP contribution in [0.15, 0.2) is 60.3 Å². The number of benzene rings is 2. The zero-order valence-electron chi connectivity index (χ0n) is 24.3. The molecule has 2 aliphatic rings. The average Bonchev–Trinajstić information content (AvgIpc) is 3.22. The van der Waals surface area contributed by atoms with Gasteiger partial charge in [-0.1, -0.05) is 33.8 Å². The average molecular weight is 571 g/mol. The van der Waals surface area contributed by atoms with E-state index < -0.39 is 10.2 Å². The van der Waals surface area contributed by atoms with Gasteiger partial charge in [-0.15, -0.1) is 10.2 Å². The Morgan fingerprint density at radius 3 is 2.20 bits per heavy atom. The van der Waals surface area contributed by atoms with Gasteiger partial charge >= 0.3 is 0 Å². The van der Waals surface area contributed by atoms with Crippen molar-refractivity contribution < 1.29 is 43.0 Å². The Hall–Kier alpha value is -3.01. The Kier molecular flexibility index (Phi) is 9.65. The molecule has 8 nitrogen and oxygen atoms in total. The van der Waals surface area contributed by atoms with Crippen LogP contribution < -0.4 is 28.3 Å². The second kappa shape index (κ2) is 12.2. The van der Waals surface area contributed by atoms with Gasteiger partial charge in [-0.25, -0.2) is 18.6 Å². The number of nitrogens with zero attached hydrogens (tertiary/aromatic N) is 2. The first-order valence-corrected chi connectivity index (χ1v) is 14.6. The molecule has 216 valence electrons. The fourth-order valence-electron chi connectivity index (χ4n) is 5.71. The predicted octanol–water partition coefficient (Wildman–Crippen LogP) is 2.19. The van der Waals surface area contributed by atoms with Gasteiger partial charge in [0, 0.05) is 53.0 Å². The lowest BCUT2D eigenvalue weighted by molar-refractivity contribution is -2.00. The van der Waals surface area contributed by atoms with Gasteiger partial charge in [-0.2, -0.15) is 4.58 Å². The number of methoxy groups -OCH3 is 1. The van der Waals surface area contributed by atoms with Crippen molar-refractivity contribution in [2.45, 2.75) is 65.2 Å². The summed E-state index contributed by atoms with van der Waals surface area (Å²) in [6.45, 7) is 15.5. The molecule has 0 N–H and O–H groups in total. The lowest BCUT2D eigenvalue weighted by Gasteiger charge is -2.26. The van der Waals surface area contributed by atoms with E-state index in [4.69, 9.17) is 23.4 Å². The fraction of sp³-hybridized carbons (Fsp3) is 0.419. The Labute approximate surface area is 239 Å². The molecular formula is C31H39ClN2O6. The van der Waals surface area contributed by atoms with Crippen molar-refractivity contribution in [2.24, 2.45) is 0 Å². The van der Waals surface area contributed by atoms with Crippen molar-refractivity contribution in [2.75, 3.05) is 25.1 Å². The quantitative estimate of drug-likeness (QED) is 0.352. The smallest absolute Gasteiger partial charge is 0.210 e. The van der Waals surface area contributed by atoms with Crippen LogP contribution in [0, 0.1) is 10.2 Å². The standard InChI is InChI=1S/C31H39N2O2.ClHO4/c1-8-17-32-26-15-13-22(21-34)19-24(26)30(3,4)28(32)11-10-12-29-31(5,6)25-20-23(35-7)14-16-27(25)33(29)18-9-2;2-1(3,4)5/h10-16,19-21H,8-9,17-18H2,1-7H3;(H,2,3,4,5)/q+1;/p-1. The minimum atomic E-state index is -4.94. The van der Waals surface area contributed by atoms with Gasteiger partial charge in [0.05, 0.1) is 12.5 Å².